The maximum atomic E-state index is 6.75. The van der Waals surface area contributed by atoms with E-state index in [1.807, 2.05) is 12.1 Å². The van der Waals surface area contributed by atoms with E-state index in [4.69, 9.17) is 20.2 Å². The number of anilines is 2. The number of aliphatic imine (C=N–C) groups is 1. The molecule has 0 amide bonds. The van der Waals surface area contributed by atoms with Crippen molar-refractivity contribution >= 4 is 17.3 Å². The van der Waals surface area contributed by atoms with E-state index in [-0.39, 0.29) is 0 Å². The average Bonchev–Trinajstić information content (AvgIpc) is 3.77. The Bertz CT molecular complexity index is 1070. The fourth-order valence-corrected chi connectivity index (χ4v) is 5.03. The van der Waals surface area contributed by atoms with Gasteiger partial charge in [-0.2, -0.15) is 5.10 Å². The van der Waals surface area contributed by atoms with Gasteiger partial charge in [0.2, 0.25) is 0 Å². The van der Waals surface area contributed by atoms with Gasteiger partial charge in [0.15, 0.2) is 23.1 Å². The molecule has 6 rings (SSSR count). The van der Waals surface area contributed by atoms with Crippen LogP contribution in [0.3, 0.4) is 0 Å². The number of H-pyrrole nitrogens is 1. The van der Waals surface area contributed by atoms with Crippen molar-refractivity contribution in [1.29, 1.82) is 0 Å². The van der Waals surface area contributed by atoms with Gasteiger partial charge >= 0.3 is 0 Å². The number of rotatable bonds is 9. The number of amidine groups is 1. The van der Waals surface area contributed by atoms with E-state index < -0.39 is 5.79 Å². The number of ether oxygens (including phenoxy) is 2. The third-order valence-electron chi connectivity index (χ3n) is 7.33. The summed E-state index contributed by atoms with van der Waals surface area (Å²) >= 11 is 0. The molecule has 1 aromatic carbocycles. The molecule has 1 aromatic heterocycles. The highest BCUT2D eigenvalue weighted by Gasteiger charge is 2.45. The summed E-state index contributed by atoms with van der Waals surface area (Å²) in [5, 5.41) is 14.5. The standard InChI is InChI=1S/C25H35N7O2/c1-33-21-13-18-20(14-22(21)34-12-4-11-32-9-2-3-10-32)28-25(26,17-7-8-17)29-24(18)27-23-15-19(30-31-23)16-5-6-16/h13-17,28H,2-12,26H2,1H3,(H2,27,29,30,31). The van der Waals surface area contributed by atoms with E-state index in [9.17, 15) is 0 Å². The Balaban J connectivity index is 1.23. The third-order valence-corrected chi connectivity index (χ3v) is 7.33. The van der Waals surface area contributed by atoms with Crippen LogP contribution in [0.1, 0.15) is 62.1 Å². The van der Waals surface area contributed by atoms with Crippen LogP contribution in [0.5, 0.6) is 11.5 Å². The number of methoxy groups -OCH3 is 1. The van der Waals surface area contributed by atoms with Crippen LogP contribution in [-0.4, -0.2) is 60.1 Å². The molecule has 1 atom stereocenters. The van der Waals surface area contributed by atoms with Crippen LogP contribution in [-0.2, 0) is 0 Å². The molecule has 3 fully saturated rings. The maximum Gasteiger partial charge on any atom is 0.187 e. The number of benzene rings is 1. The molecule has 0 radical (unpaired) electrons. The summed E-state index contributed by atoms with van der Waals surface area (Å²) in [7, 11) is 1.67. The minimum atomic E-state index is -0.841. The Morgan fingerprint density at radius 1 is 1.15 bits per heavy atom. The molecular weight excluding hydrogens is 430 g/mol. The third kappa shape index (κ3) is 4.46. The normalized spacial score (nSPS) is 24.4. The summed E-state index contributed by atoms with van der Waals surface area (Å²) in [6, 6.07) is 6.06. The molecule has 3 heterocycles. The molecular formula is C25H35N7O2. The van der Waals surface area contributed by atoms with Crippen molar-refractivity contribution in [3.05, 3.63) is 29.5 Å². The molecule has 2 aliphatic heterocycles. The highest BCUT2D eigenvalue weighted by Crippen LogP contribution is 2.45. The van der Waals surface area contributed by atoms with Crippen molar-refractivity contribution < 1.29 is 9.47 Å². The molecule has 2 saturated carbocycles. The lowest BCUT2D eigenvalue weighted by atomic mass is 10.0. The molecule has 9 heteroatoms. The van der Waals surface area contributed by atoms with Gasteiger partial charge in [-0.15, -0.1) is 0 Å². The molecule has 4 aliphatic rings. The van der Waals surface area contributed by atoms with Crippen LogP contribution < -0.4 is 25.8 Å². The van der Waals surface area contributed by atoms with Gasteiger partial charge in [0.1, 0.15) is 5.84 Å². The predicted molar refractivity (Wildman–Crippen MR) is 133 cm³/mol. The lowest BCUT2D eigenvalue weighted by Crippen LogP contribution is -2.52. The Hall–Kier alpha value is -2.78. The van der Waals surface area contributed by atoms with Crippen LogP contribution in [0, 0.1) is 5.92 Å². The summed E-state index contributed by atoms with van der Waals surface area (Å²) in [6.07, 6.45) is 8.20. The Morgan fingerprint density at radius 2 is 1.97 bits per heavy atom. The fraction of sp³-hybridized carbons (Fsp3) is 0.600. The number of nitrogens with two attached hydrogens (primary N) is 1. The van der Waals surface area contributed by atoms with Crippen molar-refractivity contribution in [2.45, 2.75) is 56.7 Å². The van der Waals surface area contributed by atoms with Crippen molar-refractivity contribution in [3.8, 4) is 11.5 Å². The van der Waals surface area contributed by atoms with E-state index in [0.29, 0.717) is 30.0 Å². The molecule has 34 heavy (non-hydrogen) atoms. The number of nitrogens with one attached hydrogen (secondary N) is 3. The summed E-state index contributed by atoms with van der Waals surface area (Å²) in [6.45, 7) is 4.14. The van der Waals surface area contributed by atoms with Gasteiger partial charge in [0, 0.05) is 41.8 Å². The molecule has 5 N–H and O–H groups in total. The first-order chi connectivity index (χ1) is 16.6. The molecule has 182 valence electrons. The minimum Gasteiger partial charge on any atom is -0.493 e. The molecule has 0 spiro atoms. The van der Waals surface area contributed by atoms with Crippen LogP contribution in [0.15, 0.2) is 23.2 Å². The van der Waals surface area contributed by atoms with Crippen LogP contribution in [0.4, 0.5) is 11.5 Å². The smallest absolute Gasteiger partial charge is 0.187 e. The summed E-state index contributed by atoms with van der Waals surface area (Å²) in [5.41, 5.74) is 9.73. The molecule has 1 unspecified atom stereocenters. The first-order valence-electron chi connectivity index (χ1n) is 12.7. The maximum absolute atomic E-state index is 6.75. The van der Waals surface area contributed by atoms with Crippen LogP contribution >= 0.6 is 0 Å². The molecule has 0 bridgehead atoms. The first kappa shape index (κ1) is 21.7. The molecule has 2 aromatic rings. The van der Waals surface area contributed by atoms with Crippen LogP contribution in [0.2, 0.25) is 0 Å². The van der Waals surface area contributed by atoms with Gasteiger partial charge in [-0.1, -0.05) is 0 Å². The summed E-state index contributed by atoms with van der Waals surface area (Å²) in [4.78, 5) is 7.43. The second-order valence-corrected chi connectivity index (χ2v) is 10.1. The summed E-state index contributed by atoms with van der Waals surface area (Å²) < 4.78 is 11.9. The molecule has 9 nitrogen and oxygen atoms in total. The SMILES string of the molecule is COc1cc2c(cc1OCCCN1CCCC1)NC(N)(C1CC1)N=C2Nc1cc(C2CC2)[nH]n1. The quantitative estimate of drug-likeness (QED) is 0.420. The second kappa shape index (κ2) is 8.78. The number of hydrogen-bond acceptors (Lipinski definition) is 8. The highest BCUT2D eigenvalue weighted by atomic mass is 16.5. The van der Waals surface area contributed by atoms with Crippen molar-refractivity contribution in [3.63, 3.8) is 0 Å². The zero-order valence-corrected chi connectivity index (χ0v) is 19.9. The summed E-state index contributed by atoms with van der Waals surface area (Å²) in [5.74, 6) is 2.95. The lowest BCUT2D eigenvalue weighted by molar-refractivity contribution is 0.254. The minimum absolute atomic E-state index is 0.311. The van der Waals surface area contributed by atoms with Gasteiger partial charge in [-0.05, 0) is 64.1 Å². The van der Waals surface area contributed by atoms with Crippen molar-refractivity contribution in [1.82, 2.24) is 15.1 Å². The zero-order valence-electron chi connectivity index (χ0n) is 19.9. The zero-order chi connectivity index (χ0) is 23.1. The van der Waals surface area contributed by atoms with Crippen molar-refractivity contribution in [2.75, 3.05) is 44.0 Å². The Kier molecular flexibility index (Phi) is 5.61. The first-order valence-corrected chi connectivity index (χ1v) is 12.7. The van der Waals surface area contributed by atoms with Gasteiger partial charge in [0.25, 0.3) is 0 Å². The monoisotopic (exact) mass is 465 g/mol. The molecule has 2 aliphatic carbocycles. The number of aromatic amines is 1. The van der Waals surface area contributed by atoms with E-state index >= 15 is 0 Å². The largest absolute Gasteiger partial charge is 0.493 e. The average molecular weight is 466 g/mol. The van der Waals surface area contributed by atoms with E-state index in [0.717, 1.165) is 48.6 Å². The van der Waals surface area contributed by atoms with E-state index in [1.165, 1.54) is 44.5 Å². The second-order valence-electron chi connectivity index (χ2n) is 10.1. The topological polar surface area (TPSA) is 113 Å². The van der Waals surface area contributed by atoms with Crippen molar-refractivity contribution in [2.24, 2.45) is 16.6 Å². The van der Waals surface area contributed by atoms with Gasteiger partial charge in [-0.25, -0.2) is 4.99 Å². The van der Waals surface area contributed by atoms with Crippen LogP contribution in [0.25, 0.3) is 0 Å². The Morgan fingerprint density at radius 3 is 2.71 bits per heavy atom. The number of likely N-dealkylation sites (tertiary alicyclic amines) is 1. The number of hydrogen-bond donors (Lipinski definition) is 4. The fourth-order valence-electron chi connectivity index (χ4n) is 5.03. The lowest BCUT2D eigenvalue weighted by Gasteiger charge is -2.34. The predicted octanol–water partition coefficient (Wildman–Crippen LogP) is 3.47. The van der Waals surface area contributed by atoms with Gasteiger partial charge in [-0.3, -0.25) is 10.8 Å². The highest BCUT2D eigenvalue weighted by molar-refractivity contribution is 6.13. The number of aromatic nitrogens is 2. The van der Waals surface area contributed by atoms with E-state index in [2.05, 4.69) is 31.8 Å². The van der Waals surface area contributed by atoms with Gasteiger partial charge in [0.05, 0.1) is 19.4 Å². The van der Waals surface area contributed by atoms with E-state index in [1.54, 1.807) is 7.11 Å². The number of fused-ring (bicyclic) bond motifs is 1. The Labute approximate surface area is 200 Å². The van der Waals surface area contributed by atoms with Gasteiger partial charge < -0.3 is 25.0 Å². The molecule has 1 saturated heterocycles. The number of nitrogens with zero attached hydrogens (tertiary/aromatic N) is 3.